The molecule has 1 aromatic carbocycles. The first-order valence-corrected chi connectivity index (χ1v) is 8.22. The van der Waals surface area contributed by atoms with Crippen LogP contribution < -0.4 is 9.46 Å². The van der Waals surface area contributed by atoms with Gasteiger partial charge in [0, 0.05) is 6.54 Å². The lowest BCUT2D eigenvalue weighted by molar-refractivity contribution is 0.0395. The lowest BCUT2D eigenvalue weighted by Gasteiger charge is -2.21. The lowest BCUT2D eigenvalue weighted by atomic mass is 10.1. The Morgan fingerprint density at radius 3 is 2.68 bits per heavy atom. The van der Waals surface area contributed by atoms with E-state index in [1.165, 1.54) is 38.5 Å². The number of nitrogens with one attached hydrogen (secondary N) is 1. The molecule has 0 fully saturated rings. The molecule has 1 atom stereocenters. The highest BCUT2D eigenvalue weighted by atomic mass is 35.5. The molecule has 0 saturated heterocycles. The minimum atomic E-state index is -3.82. The summed E-state index contributed by atoms with van der Waals surface area (Å²) in [5.74, 6) is 0.645. The van der Waals surface area contributed by atoms with Crippen LogP contribution in [0.2, 0.25) is 5.02 Å². The van der Waals surface area contributed by atoms with Gasteiger partial charge in [0.1, 0.15) is 17.1 Å². The number of methoxy groups -OCH3 is 1. The van der Waals surface area contributed by atoms with Crippen molar-refractivity contribution in [2.45, 2.75) is 17.4 Å². The fourth-order valence-electron chi connectivity index (χ4n) is 1.81. The predicted molar refractivity (Wildman–Crippen MR) is 81.5 cm³/mol. The topological polar surface area (TPSA) is 88.8 Å². The van der Waals surface area contributed by atoms with Gasteiger partial charge in [0.2, 0.25) is 10.0 Å². The summed E-state index contributed by atoms with van der Waals surface area (Å²) in [6, 6.07) is 7.29. The summed E-state index contributed by atoms with van der Waals surface area (Å²) in [6.45, 7) is 1.21. The van der Waals surface area contributed by atoms with E-state index in [-0.39, 0.29) is 22.2 Å². The SMILES string of the molecule is COc1ccc(S(=O)(=O)NC[C@](C)(O)c2ccco2)cc1Cl. The maximum absolute atomic E-state index is 12.2. The molecule has 22 heavy (non-hydrogen) atoms. The van der Waals surface area contributed by atoms with Crippen molar-refractivity contribution in [1.29, 1.82) is 0 Å². The molecule has 0 spiro atoms. The van der Waals surface area contributed by atoms with Gasteiger partial charge in [-0.2, -0.15) is 0 Å². The summed E-state index contributed by atoms with van der Waals surface area (Å²) in [4.78, 5) is -0.0199. The van der Waals surface area contributed by atoms with E-state index in [2.05, 4.69) is 4.72 Å². The van der Waals surface area contributed by atoms with Crippen LogP contribution in [-0.4, -0.2) is 27.2 Å². The Morgan fingerprint density at radius 2 is 2.14 bits per heavy atom. The van der Waals surface area contributed by atoms with E-state index in [0.29, 0.717) is 5.75 Å². The molecular weight excluding hydrogens is 330 g/mol. The van der Waals surface area contributed by atoms with Gasteiger partial charge in [-0.05, 0) is 37.3 Å². The Kier molecular flexibility index (Phi) is 4.81. The van der Waals surface area contributed by atoms with Crippen molar-refractivity contribution in [2.24, 2.45) is 0 Å². The predicted octanol–water partition coefficient (Wildman–Crippen LogP) is 2.13. The first-order valence-electron chi connectivity index (χ1n) is 6.36. The van der Waals surface area contributed by atoms with E-state index in [4.69, 9.17) is 20.8 Å². The van der Waals surface area contributed by atoms with E-state index >= 15 is 0 Å². The monoisotopic (exact) mass is 345 g/mol. The number of sulfonamides is 1. The minimum absolute atomic E-state index is 0.0199. The fourth-order valence-corrected chi connectivity index (χ4v) is 3.29. The first-order chi connectivity index (χ1) is 10.3. The Balaban J connectivity index is 2.16. The average molecular weight is 346 g/mol. The Labute approximate surface area is 133 Å². The van der Waals surface area contributed by atoms with Crippen molar-refractivity contribution in [3.8, 4) is 5.75 Å². The molecule has 0 amide bonds. The van der Waals surface area contributed by atoms with Crippen molar-refractivity contribution in [3.63, 3.8) is 0 Å². The number of hydrogen-bond acceptors (Lipinski definition) is 5. The fraction of sp³-hybridized carbons (Fsp3) is 0.286. The molecule has 8 heteroatoms. The summed E-state index contributed by atoms with van der Waals surface area (Å²) in [5.41, 5.74) is -1.47. The molecule has 2 N–H and O–H groups in total. The van der Waals surface area contributed by atoms with Crippen molar-refractivity contribution < 1.29 is 22.7 Å². The zero-order chi connectivity index (χ0) is 16.4. The van der Waals surface area contributed by atoms with Gasteiger partial charge in [0.15, 0.2) is 0 Å². The van der Waals surface area contributed by atoms with Crippen molar-refractivity contribution in [1.82, 2.24) is 4.72 Å². The van der Waals surface area contributed by atoms with E-state index in [1.807, 2.05) is 0 Å². The highest BCUT2D eigenvalue weighted by Gasteiger charge is 2.29. The molecule has 0 aliphatic carbocycles. The smallest absolute Gasteiger partial charge is 0.240 e. The van der Waals surface area contributed by atoms with Crippen LogP contribution in [0.5, 0.6) is 5.75 Å². The van der Waals surface area contributed by atoms with Crippen LogP contribution >= 0.6 is 11.6 Å². The van der Waals surface area contributed by atoms with Crippen LogP contribution in [0, 0.1) is 0 Å². The largest absolute Gasteiger partial charge is 0.495 e. The molecule has 0 aliphatic rings. The highest BCUT2D eigenvalue weighted by molar-refractivity contribution is 7.89. The van der Waals surface area contributed by atoms with Gasteiger partial charge in [-0.15, -0.1) is 0 Å². The van der Waals surface area contributed by atoms with Crippen molar-refractivity contribution in [2.75, 3.05) is 13.7 Å². The summed E-state index contributed by atoms with van der Waals surface area (Å²) < 4.78 is 36.9. The molecule has 0 bridgehead atoms. The molecule has 0 unspecified atom stereocenters. The maximum atomic E-state index is 12.2. The third-order valence-electron chi connectivity index (χ3n) is 3.09. The van der Waals surface area contributed by atoms with Gasteiger partial charge in [-0.3, -0.25) is 0 Å². The van der Waals surface area contributed by atoms with Crippen LogP contribution in [-0.2, 0) is 15.6 Å². The Hall–Kier alpha value is -1.54. The molecule has 1 aromatic heterocycles. The number of hydrogen-bond donors (Lipinski definition) is 2. The number of benzene rings is 1. The molecule has 0 radical (unpaired) electrons. The van der Waals surface area contributed by atoms with E-state index in [0.717, 1.165) is 0 Å². The second kappa shape index (κ2) is 6.29. The summed E-state index contributed by atoms with van der Waals surface area (Å²) in [7, 11) is -2.39. The Bertz CT molecular complexity index is 741. The molecular formula is C14H16ClNO5S. The van der Waals surface area contributed by atoms with E-state index in [9.17, 15) is 13.5 Å². The minimum Gasteiger partial charge on any atom is -0.495 e. The van der Waals surface area contributed by atoms with E-state index in [1.54, 1.807) is 12.1 Å². The highest BCUT2D eigenvalue weighted by Crippen LogP contribution is 2.27. The van der Waals surface area contributed by atoms with Crippen LogP contribution in [0.1, 0.15) is 12.7 Å². The van der Waals surface area contributed by atoms with Crippen molar-refractivity contribution in [3.05, 3.63) is 47.4 Å². The van der Waals surface area contributed by atoms with Gasteiger partial charge in [0.05, 0.1) is 23.3 Å². The first kappa shape index (κ1) is 16.8. The normalized spacial score (nSPS) is 14.5. The zero-order valence-electron chi connectivity index (χ0n) is 12.0. The van der Waals surface area contributed by atoms with Gasteiger partial charge < -0.3 is 14.3 Å². The Morgan fingerprint density at radius 1 is 1.41 bits per heavy atom. The molecule has 0 aliphatic heterocycles. The maximum Gasteiger partial charge on any atom is 0.240 e. The molecule has 2 aromatic rings. The summed E-state index contributed by atoms with van der Waals surface area (Å²) in [6.07, 6.45) is 1.40. The summed E-state index contributed by atoms with van der Waals surface area (Å²) in [5, 5.41) is 10.4. The second-order valence-electron chi connectivity index (χ2n) is 4.87. The van der Waals surface area contributed by atoms with Gasteiger partial charge in [-0.1, -0.05) is 11.6 Å². The molecule has 1 heterocycles. The lowest BCUT2D eigenvalue weighted by Crippen LogP contribution is -2.38. The van der Waals surface area contributed by atoms with Gasteiger partial charge >= 0.3 is 0 Å². The number of ether oxygens (including phenoxy) is 1. The quantitative estimate of drug-likeness (QED) is 0.837. The third kappa shape index (κ3) is 3.61. The third-order valence-corrected chi connectivity index (χ3v) is 4.79. The average Bonchev–Trinajstić information content (AvgIpc) is 3.00. The number of rotatable bonds is 6. The van der Waals surface area contributed by atoms with Crippen LogP contribution in [0.4, 0.5) is 0 Å². The van der Waals surface area contributed by atoms with Gasteiger partial charge in [0.25, 0.3) is 0 Å². The van der Waals surface area contributed by atoms with E-state index < -0.39 is 15.6 Å². The molecule has 2 rings (SSSR count). The molecule has 6 nitrogen and oxygen atoms in total. The van der Waals surface area contributed by atoms with Crippen LogP contribution in [0.25, 0.3) is 0 Å². The number of halogens is 1. The standard InChI is InChI=1S/C14H16ClNO5S/c1-14(17,13-4-3-7-21-13)9-16-22(18,19)10-5-6-12(20-2)11(15)8-10/h3-8,16-17H,9H2,1-2H3/t14-/m0/s1. The van der Waals surface area contributed by atoms with Crippen molar-refractivity contribution >= 4 is 21.6 Å². The summed E-state index contributed by atoms with van der Waals surface area (Å²) >= 11 is 5.93. The number of furan rings is 1. The van der Waals surface area contributed by atoms with Gasteiger partial charge in [-0.25, -0.2) is 13.1 Å². The second-order valence-corrected chi connectivity index (χ2v) is 7.05. The zero-order valence-corrected chi connectivity index (χ0v) is 13.6. The van der Waals surface area contributed by atoms with Crippen LogP contribution in [0.15, 0.2) is 45.9 Å². The number of aliphatic hydroxyl groups is 1. The van der Waals surface area contributed by atoms with Crippen LogP contribution in [0.3, 0.4) is 0 Å². The molecule has 120 valence electrons. The molecule has 0 saturated carbocycles.